The van der Waals surface area contributed by atoms with E-state index in [1.807, 2.05) is 18.2 Å². The van der Waals surface area contributed by atoms with E-state index in [4.69, 9.17) is 4.74 Å². The Morgan fingerprint density at radius 2 is 2.10 bits per heavy atom. The standard InChI is InChI=1S/C15H14BrFO2S/c1-9(15(18)19-2)14(12-6-7-13(16)20-12)10-4-3-5-11(17)8-10/h3-9,14H,1-2H3. The first-order chi connectivity index (χ1) is 9.52. The number of ether oxygens (including phenoxy) is 1. The smallest absolute Gasteiger partial charge is 0.309 e. The summed E-state index contributed by atoms with van der Waals surface area (Å²) in [5.74, 6) is -1.20. The number of carbonyl (C=O) groups is 1. The van der Waals surface area contributed by atoms with Gasteiger partial charge in [0.1, 0.15) is 5.82 Å². The number of esters is 1. The quantitative estimate of drug-likeness (QED) is 0.748. The van der Waals surface area contributed by atoms with E-state index in [-0.39, 0.29) is 23.6 Å². The zero-order valence-electron chi connectivity index (χ0n) is 11.1. The van der Waals surface area contributed by atoms with Crippen molar-refractivity contribution in [3.8, 4) is 0 Å². The van der Waals surface area contributed by atoms with Crippen molar-refractivity contribution in [1.82, 2.24) is 0 Å². The van der Waals surface area contributed by atoms with Crippen LogP contribution in [-0.4, -0.2) is 13.1 Å². The topological polar surface area (TPSA) is 26.3 Å². The van der Waals surface area contributed by atoms with E-state index >= 15 is 0 Å². The monoisotopic (exact) mass is 356 g/mol. The lowest BCUT2D eigenvalue weighted by molar-refractivity contribution is -0.145. The molecule has 5 heteroatoms. The second-order valence-corrected chi connectivity index (χ2v) is 6.98. The molecule has 1 heterocycles. The second-order valence-electron chi connectivity index (χ2n) is 4.49. The summed E-state index contributed by atoms with van der Waals surface area (Å²) in [6.45, 7) is 1.80. The fourth-order valence-electron chi connectivity index (χ4n) is 2.22. The van der Waals surface area contributed by atoms with Gasteiger partial charge in [0.05, 0.1) is 16.8 Å². The molecular weight excluding hydrogens is 343 g/mol. The molecule has 0 N–H and O–H groups in total. The number of carbonyl (C=O) groups excluding carboxylic acids is 1. The summed E-state index contributed by atoms with van der Waals surface area (Å²) in [6, 6.07) is 10.2. The maximum atomic E-state index is 13.5. The number of halogens is 2. The summed E-state index contributed by atoms with van der Waals surface area (Å²) in [7, 11) is 1.37. The predicted molar refractivity (Wildman–Crippen MR) is 81.4 cm³/mol. The van der Waals surface area contributed by atoms with Gasteiger partial charge in [-0.1, -0.05) is 19.1 Å². The van der Waals surface area contributed by atoms with Gasteiger partial charge >= 0.3 is 5.97 Å². The van der Waals surface area contributed by atoms with Crippen molar-refractivity contribution in [3.63, 3.8) is 0 Å². The molecule has 106 valence electrons. The summed E-state index contributed by atoms with van der Waals surface area (Å²) in [6.07, 6.45) is 0. The molecule has 20 heavy (non-hydrogen) atoms. The molecule has 0 bridgehead atoms. The van der Waals surface area contributed by atoms with E-state index in [0.29, 0.717) is 0 Å². The van der Waals surface area contributed by atoms with E-state index in [2.05, 4.69) is 15.9 Å². The first-order valence-electron chi connectivity index (χ1n) is 6.11. The zero-order chi connectivity index (χ0) is 14.7. The van der Waals surface area contributed by atoms with Crippen LogP contribution in [-0.2, 0) is 9.53 Å². The minimum Gasteiger partial charge on any atom is -0.469 e. The second kappa shape index (κ2) is 6.50. The molecule has 0 fully saturated rings. The van der Waals surface area contributed by atoms with Crippen LogP contribution < -0.4 is 0 Å². The van der Waals surface area contributed by atoms with Gasteiger partial charge in [0.15, 0.2) is 0 Å². The molecule has 0 saturated heterocycles. The number of hydrogen-bond acceptors (Lipinski definition) is 3. The molecule has 2 unspecified atom stereocenters. The van der Waals surface area contributed by atoms with Crippen LogP contribution in [0.25, 0.3) is 0 Å². The average Bonchev–Trinajstić information content (AvgIpc) is 2.84. The Morgan fingerprint density at radius 1 is 1.35 bits per heavy atom. The normalized spacial score (nSPS) is 13.8. The third kappa shape index (κ3) is 3.27. The van der Waals surface area contributed by atoms with Gasteiger partial charge in [-0.25, -0.2) is 4.39 Å². The molecule has 0 saturated carbocycles. The Labute approximate surface area is 129 Å². The Kier molecular flexibility index (Phi) is 4.94. The summed E-state index contributed by atoms with van der Waals surface area (Å²) in [5, 5.41) is 0. The van der Waals surface area contributed by atoms with E-state index in [1.54, 1.807) is 13.0 Å². The molecule has 0 aliphatic heterocycles. The Bertz CT molecular complexity index is 611. The molecule has 0 radical (unpaired) electrons. The van der Waals surface area contributed by atoms with Crippen LogP contribution in [0.5, 0.6) is 0 Å². The maximum Gasteiger partial charge on any atom is 0.309 e. The van der Waals surface area contributed by atoms with Crippen molar-refractivity contribution < 1.29 is 13.9 Å². The minimum atomic E-state index is -0.382. The van der Waals surface area contributed by atoms with Crippen LogP contribution in [0.4, 0.5) is 4.39 Å². The summed E-state index contributed by atoms with van der Waals surface area (Å²) < 4.78 is 19.3. The van der Waals surface area contributed by atoms with Gasteiger partial charge in [-0.3, -0.25) is 4.79 Å². The molecule has 2 atom stereocenters. The molecule has 0 spiro atoms. The van der Waals surface area contributed by atoms with Crippen LogP contribution in [0.15, 0.2) is 40.2 Å². The number of thiophene rings is 1. The van der Waals surface area contributed by atoms with Crippen LogP contribution in [0, 0.1) is 11.7 Å². The van der Waals surface area contributed by atoms with Crippen LogP contribution in [0.3, 0.4) is 0 Å². The molecule has 0 amide bonds. The van der Waals surface area contributed by atoms with Crippen molar-refractivity contribution in [2.45, 2.75) is 12.8 Å². The summed E-state index contributed by atoms with van der Waals surface area (Å²) in [4.78, 5) is 12.9. The predicted octanol–water partition coefficient (Wildman–Crippen LogP) is 4.59. The molecule has 2 aromatic rings. The zero-order valence-corrected chi connectivity index (χ0v) is 13.5. The largest absolute Gasteiger partial charge is 0.469 e. The average molecular weight is 357 g/mol. The maximum absolute atomic E-state index is 13.5. The Hall–Kier alpha value is -1.20. The lowest BCUT2D eigenvalue weighted by Crippen LogP contribution is -2.21. The fraction of sp³-hybridized carbons (Fsp3) is 0.267. The van der Waals surface area contributed by atoms with E-state index in [0.717, 1.165) is 14.2 Å². The first kappa shape index (κ1) is 15.2. The third-order valence-electron chi connectivity index (χ3n) is 3.18. The van der Waals surface area contributed by atoms with Crippen molar-refractivity contribution >= 4 is 33.2 Å². The van der Waals surface area contributed by atoms with Gasteiger partial charge in [0.25, 0.3) is 0 Å². The van der Waals surface area contributed by atoms with Gasteiger partial charge in [-0.05, 0) is 45.8 Å². The Morgan fingerprint density at radius 3 is 2.65 bits per heavy atom. The van der Waals surface area contributed by atoms with Gasteiger partial charge in [-0.2, -0.15) is 0 Å². The highest BCUT2D eigenvalue weighted by atomic mass is 79.9. The molecule has 2 rings (SSSR count). The van der Waals surface area contributed by atoms with E-state index in [9.17, 15) is 9.18 Å². The lowest BCUT2D eigenvalue weighted by Gasteiger charge is -2.21. The number of rotatable bonds is 4. The number of hydrogen-bond donors (Lipinski definition) is 0. The van der Waals surface area contributed by atoms with Crippen molar-refractivity contribution in [2.75, 3.05) is 7.11 Å². The van der Waals surface area contributed by atoms with Crippen LogP contribution in [0.2, 0.25) is 0 Å². The molecule has 2 nitrogen and oxygen atoms in total. The van der Waals surface area contributed by atoms with Gasteiger partial charge < -0.3 is 4.74 Å². The highest BCUT2D eigenvalue weighted by Crippen LogP contribution is 2.38. The number of benzene rings is 1. The fourth-order valence-corrected chi connectivity index (χ4v) is 3.87. The summed E-state index contributed by atoms with van der Waals surface area (Å²) in [5.41, 5.74) is 0.775. The van der Waals surface area contributed by atoms with Crippen molar-refractivity contribution in [3.05, 3.63) is 56.4 Å². The first-order valence-corrected chi connectivity index (χ1v) is 7.72. The molecule has 1 aromatic carbocycles. The number of methoxy groups -OCH3 is 1. The third-order valence-corrected chi connectivity index (χ3v) is 4.89. The van der Waals surface area contributed by atoms with Gasteiger partial charge in [0, 0.05) is 10.8 Å². The van der Waals surface area contributed by atoms with E-state index < -0.39 is 0 Å². The van der Waals surface area contributed by atoms with Crippen LogP contribution in [0.1, 0.15) is 23.3 Å². The van der Waals surface area contributed by atoms with Gasteiger partial charge in [0.2, 0.25) is 0 Å². The molecule has 0 aliphatic rings. The lowest BCUT2D eigenvalue weighted by atomic mass is 9.86. The SMILES string of the molecule is COC(=O)C(C)C(c1cccc(F)c1)c1ccc(Br)s1. The van der Waals surface area contributed by atoms with Crippen molar-refractivity contribution in [2.24, 2.45) is 5.92 Å². The van der Waals surface area contributed by atoms with E-state index in [1.165, 1.54) is 30.6 Å². The van der Waals surface area contributed by atoms with Crippen LogP contribution >= 0.6 is 27.3 Å². The highest BCUT2D eigenvalue weighted by Gasteiger charge is 2.29. The molecule has 0 aliphatic carbocycles. The molecular formula is C15H14BrFO2S. The highest BCUT2D eigenvalue weighted by molar-refractivity contribution is 9.11. The Balaban J connectivity index is 2.46. The molecule has 1 aromatic heterocycles. The van der Waals surface area contributed by atoms with Crippen molar-refractivity contribution in [1.29, 1.82) is 0 Å². The van der Waals surface area contributed by atoms with Gasteiger partial charge in [-0.15, -0.1) is 11.3 Å². The minimum absolute atomic E-state index is 0.213. The summed E-state index contributed by atoms with van der Waals surface area (Å²) >= 11 is 4.96.